The Balaban J connectivity index is 2.26. The summed E-state index contributed by atoms with van der Waals surface area (Å²) in [6, 6.07) is 8.60. The van der Waals surface area contributed by atoms with Gasteiger partial charge in [0.1, 0.15) is 5.75 Å². The summed E-state index contributed by atoms with van der Waals surface area (Å²) in [7, 11) is 0. The highest BCUT2D eigenvalue weighted by molar-refractivity contribution is 5.33. The molecule has 0 saturated heterocycles. The maximum absolute atomic E-state index is 6.03. The maximum Gasteiger partial charge on any atom is 0.122 e. The largest absolute Gasteiger partial charge is 0.493 e. The van der Waals surface area contributed by atoms with Crippen LogP contribution >= 0.6 is 0 Å². The summed E-state index contributed by atoms with van der Waals surface area (Å²) in [5, 5.41) is 0. The third-order valence-corrected chi connectivity index (χ3v) is 4.57. The van der Waals surface area contributed by atoms with E-state index in [0.717, 1.165) is 24.7 Å². The van der Waals surface area contributed by atoms with Gasteiger partial charge < -0.3 is 4.74 Å². The first kappa shape index (κ1) is 19.1. The lowest BCUT2D eigenvalue weighted by Gasteiger charge is -2.13. The van der Waals surface area contributed by atoms with Gasteiger partial charge in [-0.25, -0.2) is 0 Å². The number of rotatable bonds is 13. The average Bonchev–Trinajstić information content (AvgIpc) is 2.55. The highest BCUT2D eigenvalue weighted by atomic mass is 16.5. The molecule has 126 valence electrons. The normalized spacial score (nSPS) is 12.3. The molecule has 1 nitrogen and oxygen atoms in total. The van der Waals surface area contributed by atoms with Gasteiger partial charge in [-0.05, 0) is 43.2 Å². The Morgan fingerprint density at radius 3 is 2.41 bits per heavy atom. The first-order valence-electron chi connectivity index (χ1n) is 9.48. The van der Waals surface area contributed by atoms with Crippen molar-refractivity contribution in [2.75, 3.05) is 6.61 Å². The molecule has 0 aromatic heterocycles. The lowest BCUT2D eigenvalue weighted by atomic mass is 10.0. The van der Waals surface area contributed by atoms with Crippen molar-refractivity contribution >= 4 is 0 Å². The van der Waals surface area contributed by atoms with Crippen LogP contribution in [0.4, 0.5) is 0 Å². The van der Waals surface area contributed by atoms with Crippen LogP contribution in [0.15, 0.2) is 24.3 Å². The molecule has 1 rings (SSSR count). The van der Waals surface area contributed by atoms with Gasteiger partial charge in [-0.3, -0.25) is 0 Å². The van der Waals surface area contributed by atoms with E-state index in [0.29, 0.717) is 0 Å². The van der Waals surface area contributed by atoms with Crippen LogP contribution < -0.4 is 4.74 Å². The van der Waals surface area contributed by atoms with Crippen molar-refractivity contribution in [2.45, 2.75) is 85.0 Å². The second-order valence-electron chi connectivity index (χ2n) is 6.63. The Bertz CT molecular complexity index is 372. The van der Waals surface area contributed by atoms with E-state index in [4.69, 9.17) is 4.74 Å². The molecule has 0 amide bonds. The van der Waals surface area contributed by atoms with E-state index in [1.807, 2.05) is 0 Å². The van der Waals surface area contributed by atoms with Crippen LogP contribution in [0.1, 0.15) is 84.1 Å². The smallest absolute Gasteiger partial charge is 0.122 e. The van der Waals surface area contributed by atoms with Crippen molar-refractivity contribution in [1.29, 1.82) is 0 Å². The zero-order chi connectivity index (χ0) is 16.0. The van der Waals surface area contributed by atoms with Crippen LogP contribution in [-0.2, 0) is 6.42 Å². The van der Waals surface area contributed by atoms with Gasteiger partial charge in [0.25, 0.3) is 0 Å². The van der Waals surface area contributed by atoms with Gasteiger partial charge in [-0.1, -0.05) is 77.5 Å². The fraction of sp³-hybridized carbons (Fsp3) is 0.714. The Morgan fingerprint density at radius 2 is 1.64 bits per heavy atom. The van der Waals surface area contributed by atoms with Crippen LogP contribution in [0.3, 0.4) is 0 Å². The van der Waals surface area contributed by atoms with Crippen molar-refractivity contribution in [1.82, 2.24) is 0 Å². The Kier molecular flexibility index (Phi) is 10.9. The molecule has 0 aliphatic carbocycles. The van der Waals surface area contributed by atoms with Gasteiger partial charge in [0.05, 0.1) is 6.61 Å². The van der Waals surface area contributed by atoms with E-state index < -0.39 is 0 Å². The third-order valence-electron chi connectivity index (χ3n) is 4.57. The van der Waals surface area contributed by atoms with Crippen molar-refractivity contribution in [3.05, 3.63) is 29.8 Å². The zero-order valence-electron chi connectivity index (χ0n) is 15.1. The summed E-state index contributed by atoms with van der Waals surface area (Å²) in [6.45, 7) is 7.72. The zero-order valence-corrected chi connectivity index (χ0v) is 15.1. The van der Waals surface area contributed by atoms with Gasteiger partial charge in [0, 0.05) is 0 Å². The van der Waals surface area contributed by atoms with Gasteiger partial charge in [0.2, 0.25) is 0 Å². The molecule has 0 aliphatic heterocycles. The number of aryl methyl sites for hydroxylation is 1. The number of ether oxygens (including phenoxy) is 1. The molecule has 22 heavy (non-hydrogen) atoms. The SMILES string of the molecule is CCCCCCCCc1ccccc1OCCCC(C)CC. The van der Waals surface area contributed by atoms with Gasteiger partial charge in [0.15, 0.2) is 0 Å². The molecule has 0 heterocycles. The van der Waals surface area contributed by atoms with Gasteiger partial charge in [-0.2, -0.15) is 0 Å². The van der Waals surface area contributed by atoms with E-state index in [9.17, 15) is 0 Å². The molecule has 0 spiro atoms. The van der Waals surface area contributed by atoms with Crippen LogP contribution in [0, 0.1) is 5.92 Å². The number of unbranched alkanes of at least 4 members (excludes halogenated alkanes) is 5. The minimum Gasteiger partial charge on any atom is -0.493 e. The van der Waals surface area contributed by atoms with E-state index in [1.54, 1.807) is 0 Å². The molecule has 0 bridgehead atoms. The highest BCUT2D eigenvalue weighted by Crippen LogP contribution is 2.21. The molecular formula is C21H36O. The monoisotopic (exact) mass is 304 g/mol. The molecule has 1 heteroatoms. The molecule has 1 aromatic rings. The fourth-order valence-electron chi connectivity index (χ4n) is 2.77. The summed E-state index contributed by atoms with van der Waals surface area (Å²) >= 11 is 0. The molecule has 1 unspecified atom stereocenters. The predicted molar refractivity (Wildman–Crippen MR) is 97.7 cm³/mol. The number of para-hydroxylation sites is 1. The van der Waals surface area contributed by atoms with E-state index in [1.165, 1.54) is 63.4 Å². The minimum absolute atomic E-state index is 0.821. The van der Waals surface area contributed by atoms with Crippen LogP contribution in [0.5, 0.6) is 5.75 Å². The molecule has 0 fully saturated rings. The summed E-state index contributed by atoms with van der Waals surface area (Å²) in [4.78, 5) is 0. The summed E-state index contributed by atoms with van der Waals surface area (Å²) in [6.07, 6.45) is 13.0. The van der Waals surface area contributed by atoms with E-state index in [-0.39, 0.29) is 0 Å². The van der Waals surface area contributed by atoms with E-state index in [2.05, 4.69) is 45.0 Å². The third kappa shape index (κ3) is 8.46. The van der Waals surface area contributed by atoms with E-state index >= 15 is 0 Å². The van der Waals surface area contributed by atoms with Crippen LogP contribution in [-0.4, -0.2) is 6.61 Å². The standard InChI is InChI=1S/C21H36O/c1-4-6-7-8-9-10-15-20-16-11-12-17-21(20)22-18-13-14-19(3)5-2/h11-12,16-17,19H,4-10,13-15,18H2,1-3H3. The topological polar surface area (TPSA) is 9.23 Å². The highest BCUT2D eigenvalue weighted by Gasteiger charge is 2.04. The Hall–Kier alpha value is -0.980. The molecule has 1 atom stereocenters. The van der Waals surface area contributed by atoms with Crippen molar-refractivity contribution in [3.8, 4) is 5.75 Å². The minimum atomic E-state index is 0.821. The predicted octanol–water partition coefficient (Wildman–Crippen LogP) is 6.79. The molecule has 0 aliphatic rings. The molecule has 0 saturated carbocycles. The maximum atomic E-state index is 6.03. The fourth-order valence-corrected chi connectivity index (χ4v) is 2.77. The Labute approximate surface area is 138 Å². The molecule has 0 radical (unpaired) electrons. The number of hydrogen-bond donors (Lipinski definition) is 0. The number of benzene rings is 1. The lowest BCUT2D eigenvalue weighted by molar-refractivity contribution is 0.291. The average molecular weight is 305 g/mol. The lowest BCUT2D eigenvalue weighted by Crippen LogP contribution is -2.03. The number of hydrogen-bond acceptors (Lipinski definition) is 1. The quantitative estimate of drug-likeness (QED) is 0.364. The summed E-state index contributed by atoms with van der Waals surface area (Å²) in [5.41, 5.74) is 1.39. The van der Waals surface area contributed by atoms with Crippen LogP contribution in [0.25, 0.3) is 0 Å². The second-order valence-corrected chi connectivity index (χ2v) is 6.63. The van der Waals surface area contributed by atoms with Gasteiger partial charge >= 0.3 is 0 Å². The van der Waals surface area contributed by atoms with Crippen molar-refractivity contribution < 1.29 is 4.74 Å². The second kappa shape index (κ2) is 12.6. The molecule has 1 aromatic carbocycles. The summed E-state index contributed by atoms with van der Waals surface area (Å²) < 4.78 is 6.03. The van der Waals surface area contributed by atoms with Crippen molar-refractivity contribution in [3.63, 3.8) is 0 Å². The van der Waals surface area contributed by atoms with Crippen LogP contribution in [0.2, 0.25) is 0 Å². The first-order valence-corrected chi connectivity index (χ1v) is 9.48. The van der Waals surface area contributed by atoms with Gasteiger partial charge in [-0.15, -0.1) is 0 Å². The molecular weight excluding hydrogens is 268 g/mol. The van der Waals surface area contributed by atoms with Crippen molar-refractivity contribution in [2.24, 2.45) is 5.92 Å². The first-order chi connectivity index (χ1) is 10.8. The molecule has 0 N–H and O–H groups in total. The summed E-state index contributed by atoms with van der Waals surface area (Å²) in [5.74, 6) is 1.93. The Morgan fingerprint density at radius 1 is 0.909 bits per heavy atom.